The van der Waals surface area contributed by atoms with Crippen molar-refractivity contribution in [3.8, 4) is 0 Å². The number of aryl methyl sites for hydroxylation is 1. The molecule has 1 aromatic heterocycles. The van der Waals surface area contributed by atoms with Crippen molar-refractivity contribution in [1.29, 1.82) is 0 Å². The normalized spacial score (nSPS) is 10.4. The Morgan fingerprint density at radius 2 is 1.77 bits per heavy atom. The lowest BCUT2D eigenvalue weighted by atomic mass is 10.1. The molecule has 0 saturated heterocycles. The third-order valence-electron chi connectivity index (χ3n) is 3.71. The highest BCUT2D eigenvalue weighted by atomic mass is 35.5. The molecule has 26 heavy (non-hydrogen) atoms. The smallest absolute Gasteiger partial charge is 0.303 e. The summed E-state index contributed by atoms with van der Waals surface area (Å²) in [4.78, 5) is 36.3. The van der Waals surface area contributed by atoms with Crippen LogP contribution in [-0.2, 0) is 16.0 Å². The number of hydrogen-bond acceptors (Lipinski definition) is 4. The molecule has 2 aromatic rings. The Balaban J connectivity index is 2.24. The number of amides is 2. The van der Waals surface area contributed by atoms with Crippen LogP contribution in [0.3, 0.4) is 0 Å². The third kappa shape index (κ3) is 5.06. The standard InChI is InChI=1S/C18H19ClN2O4S/c1-3-13-10(2)26-18(21-14(22)8-9-15(23)24)16(13)17(25)20-12-6-4-11(19)5-7-12/h4-7H,3,8-9H2,1-2H3,(H,20,25)(H,21,22)(H,23,24). The van der Waals surface area contributed by atoms with Crippen molar-refractivity contribution in [3.63, 3.8) is 0 Å². The Morgan fingerprint density at radius 1 is 1.12 bits per heavy atom. The molecular weight excluding hydrogens is 376 g/mol. The van der Waals surface area contributed by atoms with Crippen LogP contribution in [0.25, 0.3) is 0 Å². The first-order valence-corrected chi connectivity index (χ1v) is 9.22. The molecule has 0 bridgehead atoms. The second-order valence-corrected chi connectivity index (χ2v) is 7.26. The first kappa shape index (κ1) is 19.9. The van der Waals surface area contributed by atoms with Gasteiger partial charge in [-0.3, -0.25) is 14.4 Å². The summed E-state index contributed by atoms with van der Waals surface area (Å²) in [6.45, 7) is 3.82. The lowest BCUT2D eigenvalue weighted by molar-refractivity contribution is -0.138. The average Bonchev–Trinajstić information content (AvgIpc) is 2.90. The number of carboxylic acid groups (broad SMARTS) is 1. The monoisotopic (exact) mass is 394 g/mol. The molecule has 1 aromatic carbocycles. The van der Waals surface area contributed by atoms with Gasteiger partial charge in [-0.15, -0.1) is 11.3 Å². The van der Waals surface area contributed by atoms with Crippen LogP contribution in [-0.4, -0.2) is 22.9 Å². The third-order valence-corrected chi connectivity index (χ3v) is 5.03. The largest absolute Gasteiger partial charge is 0.481 e. The molecule has 6 nitrogen and oxygen atoms in total. The molecule has 1 heterocycles. The van der Waals surface area contributed by atoms with E-state index in [9.17, 15) is 14.4 Å². The van der Waals surface area contributed by atoms with Crippen molar-refractivity contribution in [2.45, 2.75) is 33.1 Å². The number of carboxylic acids is 1. The van der Waals surface area contributed by atoms with Crippen molar-refractivity contribution in [2.75, 3.05) is 10.6 Å². The highest BCUT2D eigenvalue weighted by Gasteiger charge is 2.22. The molecule has 2 rings (SSSR count). The maximum atomic E-state index is 12.8. The van der Waals surface area contributed by atoms with Gasteiger partial charge in [0.25, 0.3) is 5.91 Å². The molecule has 0 radical (unpaired) electrons. The van der Waals surface area contributed by atoms with Gasteiger partial charge in [0, 0.05) is 22.0 Å². The Bertz CT molecular complexity index is 830. The number of carbonyl (C=O) groups excluding carboxylic acids is 2. The number of aliphatic carboxylic acids is 1. The van der Waals surface area contributed by atoms with E-state index in [1.165, 1.54) is 11.3 Å². The molecule has 0 aliphatic carbocycles. The maximum Gasteiger partial charge on any atom is 0.303 e. The van der Waals surface area contributed by atoms with Crippen molar-refractivity contribution in [3.05, 3.63) is 45.3 Å². The van der Waals surface area contributed by atoms with Crippen LogP contribution in [0.2, 0.25) is 5.02 Å². The molecule has 0 spiro atoms. The summed E-state index contributed by atoms with van der Waals surface area (Å²) in [6, 6.07) is 6.73. The fraction of sp³-hybridized carbons (Fsp3) is 0.278. The second kappa shape index (κ2) is 8.82. The number of anilines is 2. The molecule has 0 unspecified atom stereocenters. The lowest BCUT2D eigenvalue weighted by Gasteiger charge is -2.09. The number of carbonyl (C=O) groups is 3. The minimum Gasteiger partial charge on any atom is -0.481 e. The number of nitrogens with one attached hydrogen (secondary N) is 2. The van der Waals surface area contributed by atoms with E-state index in [1.807, 2.05) is 13.8 Å². The van der Waals surface area contributed by atoms with Crippen LogP contribution in [0, 0.1) is 6.92 Å². The summed E-state index contributed by atoms with van der Waals surface area (Å²) < 4.78 is 0. The highest BCUT2D eigenvalue weighted by molar-refractivity contribution is 7.16. The van der Waals surface area contributed by atoms with Gasteiger partial charge >= 0.3 is 5.97 Å². The van der Waals surface area contributed by atoms with Crippen LogP contribution in [0.15, 0.2) is 24.3 Å². The van der Waals surface area contributed by atoms with E-state index < -0.39 is 11.9 Å². The number of hydrogen-bond donors (Lipinski definition) is 3. The van der Waals surface area contributed by atoms with Gasteiger partial charge in [0.15, 0.2) is 0 Å². The molecule has 0 saturated carbocycles. The summed E-state index contributed by atoms with van der Waals surface area (Å²) in [5, 5.41) is 15.2. The zero-order valence-electron chi connectivity index (χ0n) is 14.4. The average molecular weight is 395 g/mol. The SMILES string of the molecule is CCc1c(C)sc(NC(=O)CCC(=O)O)c1C(=O)Nc1ccc(Cl)cc1. The van der Waals surface area contributed by atoms with Gasteiger partial charge in [-0.25, -0.2) is 0 Å². The first-order valence-electron chi connectivity index (χ1n) is 8.02. The Morgan fingerprint density at radius 3 is 2.35 bits per heavy atom. The van der Waals surface area contributed by atoms with Gasteiger partial charge < -0.3 is 15.7 Å². The van der Waals surface area contributed by atoms with Gasteiger partial charge in [0.05, 0.1) is 12.0 Å². The molecule has 0 fully saturated rings. The summed E-state index contributed by atoms with van der Waals surface area (Å²) in [5.41, 5.74) is 1.86. The summed E-state index contributed by atoms with van der Waals surface area (Å²) in [7, 11) is 0. The fourth-order valence-electron chi connectivity index (χ4n) is 2.47. The molecule has 0 atom stereocenters. The van der Waals surface area contributed by atoms with E-state index in [0.717, 1.165) is 10.4 Å². The maximum absolute atomic E-state index is 12.8. The van der Waals surface area contributed by atoms with Crippen LogP contribution >= 0.6 is 22.9 Å². The Kier molecular flexibility index (Phi) is 6.76. The van der Waals surface area contributed by atoms with Gasteiger partial charge in [0.2, 0.25) is 5.91 Å². The Labute approximate surface area is 160 Å². The minimum atomic E-state index is -1.04. The summed E-state index contributed by atoms with van der Waals surface area (Å²) in [5.74, 6) is -1.81. The highest BCUT2D eigenvalue weighted by Crippen LogP contribution is 2.34. The quantitative estimate of drug-likeness (QED) is 0.651. The number of thiophene rings is 1. The van der Waals surface area contributed by atoms with Gasteiger partial charge in [-0.1, -0.05) is 18.5 Å². The topological polar surface area (TPSA) is 95.5 Å². The van der Waals surface area contributed by atoms with E-state index in [2.05, 4.69) is 10.6 Å². The van der Waals surface area contributed by atoms with Crippen LogP contribution in [0.4, 0.5) is 10.7 Å². The molecule has 0 aliphatic heterocycles. The van der Waals surface area contributed by atoms with E-state index in [1.54, 1.807) is 24.3 Å². The predicted molar refractivity (Wildman–Crippen MR) is 103 cm³/mol. The van der Waals surface area contributed by atoms with Crippen LogP contribution in [0.1, 0.15) is 40.6 Å². The predicted octanol–water partition coefficient (Wildman–Crippen LogP) is 4.33. The Hall–Kier alpha value is -2.38. The second-order valence-electron chi connectivity index (χ2n) is 5.60. The summed E-state index contributed by atoms with van der Waals surface area (Å²) in [6.07, 6.45) is 0.228. The molecule has 3 N–H and O–H groups in total. The van der Waals surface area contributed by atoms with E-state index >= 15 is 0 Å². The van der Waals surface area contributed by atoms with E-state index in [0.29, 0.717) is 27.7 Å². The lowest BCUT2D eigenvalue weighted by Crippen LogP contribution is -2.18. The molecular formula is C18H19ClN2O4S. The van der Waals surface area contributed by atoms with E-state index in [4.69, 9.17) is 16.7 Å². The van der Waals surface area contributed by atoms with Crippen molar-refractivity contribution < 1.29 is 19.5 Å². The number of benzene rings is 1. The zero-order chi connectivity index (χ0) is 19.3. The van der Waals surface area contributed by atoms with Gasteiger partial charge in [-0.2, -0.15) is 0 Å². The summed E-state index contributed by atoms with van der Waals surface area (Å²) >= 11 is 7.16. The van der Waals surface area contributed by atoms with E-state index in [-0.39, 0.29) is 18.7 Å². The molecule has 8 heteroatoms. The minimum absolute atomic E-state index is 0.147. The van der Waals surface area contributed by atoms with Crippen molar-refractivity contribution in [1.82, 2.24) is 0 Å². The van der Waals surface area contributed by atoms with Gasteiger partial charge in [0.1, 0.15) is 5.00 Å². The zero-order valence-corrected chi connectivity index (χ0v) is 16.0. The van der Waals surface area contributed by atoms with Crippen LogP contribution < -0.4 is 10.6 Å². The number of halogens is 1. The van der Waals surface area contributed by atoms with Crippen LogP contribution in [0.5, 0.6) is 0 Å². The van der Waals surface area contributed by atoms with Crippen molar-refractivity contribution >= 4 is 51.4 Å². The first-order chi connectivity index (χ1) is 12.3. The molecule has 2 amide bonds. The molecule has 138 valence electrons. The van der Waals surface area contributed by atoms with Gasteiger partial charge in [-0.05, 0) is 43.2 Å². The number of rotatable bonds is 7. The fourth-order valence-corrected chi connectivity index (χ4v) is 3.75. The molecule has 0 aliphatic rings. The van der Waals surface area contributed by atoms with Crippen molar-refractivity contribution in [2.24, 2.45) is 0 Å².